The van der Waals surface area contributed by atoms with Gasteiger partial charge in [-0.1, -0.05) is 18.2 Å². The fraction of sp³-hybridized carbons (Fsp3) is 0. The first-order chi connectivity index (χ1) is 13.0. The molecular formula is C19H12N2O4S2. The number of aromatic carboxylic acids is 1. The molecule has 0 atom stereocenters. The Bertz CT molecular complexity index is 1200. The standard InChI is InChI=1S/C19H12N2O4S2/c22-15-6-5-11(8-13(15)18(24)25)21-17(23)16(27-19(21)26)7-10-9-20-14-4-2-1-3-12(10)14/h1-9,22-23H,(H,24,25). The summed E-state index contributed by atoms with van der Waals surface area (Å²) in [7, 11) is 0. The molecule has 0 amide bonds. The van der Waals surface area contributed by atoms with E-state index in [1.807, 2.05) is 24.3 Å². The Hall–Kier alpha value is -3.23. The minimum atomic E-state index is -1.27. The topological polar surface area (TPSA) is 95.0 Å². The van der Waals surface area contributed by atoms with Crippen LogP contribution in [0.5, 0.6) is 11.6 Å². The van der Waals surface area contributed by atoms with Crippen molar-refractivity contribution in [2.24, 2.45) is 4.99 Å². The molecule has 0 fully saturated rings. The summed E-state index contributed by atoms with van der Waals surface area (Å²) in [5, 5.41) is 29.5. The number of carboxylic acid groups (broad SMARTS) is 1. The summed E-state index contributed by atoms with van der Waals surface area (Å²) in [6, 6.07) is 11.7. The molecule has 27 heavy (non-hydrogen) atoms. The zero-order valence-electron chi connectivity index (χ0n) is 13.7. The lowest BCUT2D eigenvalue weighted by molar-refractivity contribution is 0.0693. The molecule has 6 nitrogen and oxygen atoms in total. The maximum Gasteiger partial charge on any atom is 0.339 e. The van der Waals surface area contributed by atoms with Crippen molar-refractivity contribution in [3.63, 3.8) is 0 Å². The summed E-state index contributed by atoms with van der Waals surface area (Å²) in [4.78, 5) is 16.1. The molecule has 2 heterocycles. The van der Waals surface area contributed by atoms with Crippen molar-refractivity contribution in [2.45, 2.75) is 0 Å². The van der Waals surface area contributed by atoms with Gasteiger partial charge in [-0.25, -0.2) is 4.79 Å². The summed E-state index contributed by atoms with van der Waals surface area (Å²) in [5.74, 6) is -1.72. The smallest absolute Gasteiger partial charge is 0.339 e. The second-order valence-corrected chi connectivity index (χ2v) is 7.45. The lowest BCUT2D eigenvalue weighted by Gasteiger charge is -2.07. The summed E-state index contributed by atoms with van der Waals surface area (Å²) in [6.07, 6.45) is 3.51. The molecule has 0 bridgehead atoms. The van der Waals surface area contributed by atoms with Gasteiger partial charge in [0.15, 0.2) is 3.95 Å². The number of nitrogens with zero attached hydrogens (tertiary/aromatic N) is 2. The number of hydrogen-bond acceptors (Lipinski definition) is 6. The van der Waals surface area contributed by atoms with Gasteiger partial charge in [-0.15, -0.1) is 11.3 Å². The van der Waals surface area contributed by atoms with Crippen molar-refractivity contribution in [2.75, 3.05) is 0 Å². The number of aliphatic imine (C=N–C) groups is 1. The molecule has 8 heteroatoms. The first kappa shape index (κ1) is 17.2. The zero-order chi connectivity index (χ0) is 19.1. The van der Waals surface area contributed by atoms with Crippen LogP contribution >= 0.6 is 23.6 Å². The third-order valence-electron chi connectivity index (χ3n) is 4.13. The van der Waals surface area contributed by atoms with Crippen LogP contribution in [0.3, 0.4) is 0 Å². The molecular weight excluding hydrogens is 384 g/mol. The molecule has 0 unspecified atom stereocenters. The summed E-state index contributed by atoms with van der Waals surface area (Å²) in [5.41, 5.74) is 2.75. The Morgan fingerprint density at radius 2 is 1.96 bits per heavy atom. The maximum atomic E-state index is 11.2. The van der Waals surface area contributed by atoms with Crippen molar-refractivity contribution in [3.8, 4) is 17.3 Å². The Kier molecular flexibility index (Phi) is 4.14. The van der Waals surface area contributed by atoms with Gasteiger partial charge in [-0.2, -0.15) is 0 Å². The second kappa shape index (κ2) is 6.49. The van der Waals surface area contributed by atoms with Gasteiger partial charge in [0, 0.05) is 17.4 Å². The van der Waals surface area contributed by atoms with E-state index in [0.29, 0.717) is 14.5 Å². The molecule has 0 saturated heterocycles. The third kappa shape index (κ3) is 2.94. The fourth-order valence-corrected chi connectivity index (χ4v) is 4.13. The number of aromatic hydroxyl groups is 2. The van der Waals surface area contributed by atoms with Gasteiger partial charge in [0.2, 0.25) is 5.88 Å². The second-order valence-electron chi connectivity index (χ2n) is 5.77. The Labute approximate surface area is 162 Å². The van der Waals surface area contributed by atoms with Crippen LogP contribution in [0.25, 0.3) is 17.3 Å². The lowest BCUT2D eigenvalue weighted by Crippen LogP contribution is -2.00. The minimum Gasteiger partial charge on any atom is -0.507 e. The molecule has 3 N–H and O–H groups in total. The molecule has 0 spiro atoms. The highest BCUT2D eigenvalue weighted by molar-refractivity contribution is 7.73. The number of benzene rings is 2. The van der Waals surface area contributed by atoms with Crippen LogP contribution in [-0.4, -0.2) is 32.1 Å². The van der Waals surface area contributed by atoms with Crippen LogP contribution in [0.15, 0.2) is 47.5 Å². The number of carbonyl (C=O) groups is 1. The molecule has 0 saturated carbocycles. The fourth-order valence-electron chi connectivity index (χ4n) is 2.83. The predicted octanol–water partition coefficient (Wildman–Crippen LogP) is 4.63. The maximum absolute atomic E-state index is 11.2. The van der Waals surface area contributed by atoms with Crippen LogP contribution in [0.4, 0.5) is 5.69 Å². The summed E-state index contributed by atoms with van der Waals surface area (Å²) in [6.45, 7) is 0. The van der Waals surface area contributed by atoms with Gasteiger partial charge in [0.25, 0.3) is 0 Å². The van der Waals surface area contributed by atoms with Crippen LogP contribution in [0.1, 0.15) is 20.8 Å². The number of rotatable bonds is 3. The molecule has 2 aromatic carbocycles. The number of allylic oxidation sites excluding steroid dienone is 1. The van der Waals surface area contributed by atoms with E-state index in [2.05, 4.69) is 4.99 Å². The van der Waals surface area contributed by atoms with Gasteiger partial charge in [-0.3, -0.25) is 9.56 Å². The Morgan fingerprint density at radius 1 is 1.19 bits per heavy atom. The van der Waals surface area contributed by atoms with Crippen molar-refractivity contribution in [1.82, 2.24) is 4.57 Å². The quantitative estimate of drug-likeness (QED) is 0.561. The first-order valence-corrected chi connectivity index (χ1v) is 9.05. The SMILES string of the molecule is O=C(O)c1cc(-n2c(O)c(C=C3C=Nc4ccccc43)sc2=S)ccc1O. The number of para-hydroxylation sites is 1. The highest BCUT2D eigenvalue weighted by Gasteiger charge is 2.18. The monoisotopic (exact) mass is 396 g/mol. The van der Waals surface area contributed by atoms with Gasteiger partial charge in [0.05, 0.1) is 16.3 Å². The number of aromatic nitrogens is 1. The summed E-state index contributed by atoms with van der Waals surface area (Å²) >= 11 is 6.55. The highest BCUT2D eigenvalue weighted by atomic mass is 32.1. The highest BCUT2D eigenvalue weighted by Crippen LogP contribution is 2.37. The van der Waals surface area contributed by atoms with E-state index >= 15 is 0 Å². The minimum absolute atomic E-state index is 0.0997. The predicted molar refractivity (Wildman–Crippen MR) is 107 cm³/mol. The van der Waals surface area contributed by atoms with Crippen LogP contribution < -0.4 is 0 Å². The van der Waals surface area contributed by atoms with Crippen molar-refractivity contribution < 1.29 is 20.1 Å². The van der Waals surface area contributed by atoms with E-state index < -0.39 is 5.97 Å². The normalized spacial score (nSPS) is 13.9. The van der Waals surface area contributed by atoms with Crippen LogP contribution in [0.2, 0.25) is 0 Å². The van der Waals surface area contributed by atoms with E-state index in [0.717, 1.165) is 16.8 Å². The van der Waals surface area contributed by atoms with E-state index in [-0.39, 0.29) is 17.2 Å². The average Bonchev–Trinajstić information content (AvgIpc) is 3.17. The third-order valence-corrected chi connectivity index (χ3v) is 5.44. The number of hydrogen-bond donors (Lipinski definition) is 3. The average molecular weight is 396 g/mol. The van der Waals surface area contributed by atoms with Crippen LogP contribution in [-0.2, 0) is 0 Å². The molecule has 0 radical (unpaired) electrons. The molecule has 1 aliphatic heterocycles. The first-order valence-electron chi connectivity index (χ1n) is 7.82. The van der Waals surface area contributed by atoms with Gasteiger partial charge < -0.3 is 15.3 Å². The van der Waals surface area contributed by atoms with Gasteiger partial charge >= 0.3 is 5.97 Å². The van der Waals surface area contributed by atoms with Crippen molar-refractivity contribution in [3.05, 3.63) is 62.4 Å². The van der Waals surface area contributed by atoms with Crippen molar-refractivity contribution >= 4 is 53.1 Å². The van der Waals surface area contributed by atoms with E-state index in [1.54, 1.807) is 12.3 Å². The Balaban J connectivity index is 1.82. The number of phenols is 1. The molecule has 3 aromatic rings. The largest absolute Gasteiger partial charge is 0.507 e. The van der Waals surface area contributed by atoms with Gasteiger partial charge in [0.1, 0.15) is 11.3 Å². The van der Waals surface area contributed by atoms with E-state index in [4.69, 9.17) is 12.2 Å². The molecule has 0 aliphatic carbocycles. The number of fused-ring (bicyclic) bond motifs is 1. The van der Waals surface area contributed by atoms with Crippen LogP contribution in [0, 0.1) is 3.95 Å². The lowest BCUT2D eigenvalue weighted by atomic mass is 10.1. The molecule has 4 rings (SSSR count). The molecule has 1 aliphatic rings. The summed E-state index contributed by atoms with van der Waals surface area (Å²) < 4.78 is 1.72. The van der Waals surface area contributed by atoms with Gasteiger partial charge in [-0.05, 0) is 42.6 Å². The Morgan fingerprint density at radius 3 is 2.74 bits per heavy atom. The van der Waals surface area contributed by atoms with Crippen molar-refractivity contribution in [1.29, 1.82) is 0 Å². The van der Waals surface area contributed by atoms with E-state index in [9.17, 15) is 20.1 Å². The molecule has 1 aromatic heterocycles. The number of carboxylic acids is 1. The number of thiazole rings is 1. The van der Waals surface area contributed by atoms with E-state index in [1.165, 1.54) is 34.1 Å². The zero-order valence-corrected chi connectivity index (χ0v) is 15.3. The molecule has 134 valence electrons.